The molecule has 0 aromatic carbocycles. The minimum Gasteiger partial charge on any atom is -0.480 e. The maximum Gasteiger partial charge on any atom is 0.323 e. The summed E-state index contributed by atoms with van der Waals surface area (Å²) in [6, 6.07) is -0.226. The van der Waals surface area contributed by atoms with Crippen molar-refractivity contribution in [2.45, 2.75) is 52.7 Å². The van der Waals surface area contributed by atoms with Crippen molar-refractivity contribution < 1.29 is 19.4 Å². The van der Waals surface area contributed by atoms with Gasteiger partial charge >= 0.3 is 12.0 Å². The molecule has 0 radical (unpaired) electrons. The first-order valence-corrected chi connectivity index (χ1v) is 7.38. The predicted octanol–water partition coefficient (Wildman–Crippen LogP) is 2.04. The summed E-state index contributed by atoms with van der Waals surface area (Å²) in [5.74, 6) is -0.772. The normalized spacial score (nSPS) is 20.4. The maximum absolute atomic E-state index is 12.7. The van der Waals surface area contributed by atoms with E-state index in [0.717, 1.165) is 0 Å². The number of carbonyl (C=O) groups is 2. The summed E-state index contributed by atoms with van der Waals surface area (Å²) in [7, 11) is 0. The molecule has 0 saturated carbocycles. The first-order valence-electron chi connectivity index (χ1n) is 7.38. The molecule has 1 heterocycles. The fourth-order valence-corrected chi connectivity index (χ4v) is 2.94. The van der Waals surface area contributed by atoms with Crippen LogP contribution in [0.2, 0.25) is 0 Å². The molecule has 1 rings (SSSR count). The second-order valence-corrected chi connectivity index (χ2v) is 7.43. The number of carboxylic acid groups (broad SMARTS) is 1. The number of carboxylic acids is 1. The number of hydrogen-bond acceptors (Lipinski definition) is 3. The van der Waals surface area contributed by atoms with Gasteiger partial charge in [0, 0.05) is 6.54 Å². The van der Waals surface area contributed by atoms with Gasteiger partial charge in [-0.05, 0) is 33.6 Å². The van der Waals surface area contributed by atoms with Crippen molar-refractivity contribution in [2.75, 3.05) is 26.2 Å². The molecule has 21 heavy (non-hydrogen) atoms. The van der Waals surface area contributed by atoms with Crippen molar-refractivity contribution in [3.63, 3.8) is 0 Å². The molecule has 1 N–H and O–H groups in total. The third kappa shape index (κ3) is 5.53. The van der Waals surface area contributed by atoms with E-state index in [4.69, 9.17) is 9.84 Å². The van der Waals surface area contributed by atoms with Gasteiger partial charge in [0.2, 0.25) is 0 Å². The minimum atomic E-state index is -0.990. The molecule has 1 aliphatic rings. The van der Waals surface area contributed by atoms with Crippen molar-refractivity contribution in [1.82, 2.24) is 9.80 Å². The molecule has 2 amide bonds. The Hall–Kier alpha value is -1.30. The Morgan fingerprint density at radius 2 is 1.67 bits per heavy atom. The van der Waals surface area contributed by atoms with Crippen molar-refractivity contribution >= 4 is 12.0 Å². The number of hydrogen-bond donors (Lipinski definition) is 1. The van der Waals surface area contributed by atoms with Crippen LogP contribution < -0.4 is 0 Å². The number of ether oxygens (including phenoxy) is 1. The summed E-state index contributed by atoms with van der Waals surface area (Å²) in [5.41, 5.74) is -0.881. The molecule has 0 aliphatic carbocycles. The Labute approximate surface area is 127 Å². The number of carbonyl (C=O) groups excluding carboxylic acids is 1. The lowest BCUT2D eigenvalue weighted by molar-refractivity contribution is -0.172. The van der Waals surface area contributed by atoms with Crippen molar-refractivity contribution in [3.05, 3.63) is 0 Å². The molecule has 0 aromatic heterocycles. The highest BCUT2D eigenvalue weighted by molar-refractivity contribution is 5.80. The van der Waals surface area contributed by atoms with Gasteiger partial charge in [-0.3, -0.25) is 4.79 Å². The molecular weight excluding hydrogens is 272 g/mol. The molecule has 6 nitrogen and oxygen atoms in total. The van der Waals surface area contributed by atoms with Crippen molar-refractivity contribution in [2.24, 2.45) is 5.92 Å². The Morgan fingerprint density at radius 3 is 2.05 bits per heavy atom. The van der Waals surface area contributed by atoms with Crippen LogP contribution in [0, 0.1) is 5.92 Å². The zero-order valence-corrected chi connectivity index (χ0v) is 14.0. The van der Waals surface area contributed by atoms with E-state index >= 15 is 0 Å². The first kappa shape index (κ1) is 17.8. The standard InChI is InChI=1S/C15H28N2O4/c1-11(2)7-16(8-12(18)19)13(20)17-9-14(3,4)21-15(5,6)10-17/h11H,7-10H2,1-6H3,(H,18,19). The van der Waals surface area contributed by atoms with E-state index in [-0.39, 0.29) is 18.5 Å². The van der Waals surface area contributed by atoms with E-state index in [1.807, 2.05) is 41.5 Å². The SMILES string of the molecule is CC(C)CN(CC(=O)O)C(=O)N1CC(C)(C)OC(C)(C)C1. The zero-order chi connectivity index (χ0) is 16.4. The van der Waals surface area contributed by atoms with Crippen LogP contribution in [-0.2, 0) is 9.53 Å². The van der Waals surface area contributed by atoms with Crippen LogP contribution in [0.25, 0.3) is 0 Å². The van der Waals surface area contributed by atoms with Crippen LogP contribution in [-0.4, -0.2) is 64.3 Å². The third-order valence-corrected chi connectivity index (χ3v) is 3.15. The van der Waals surface area contributed by atoms with Crippen LogP contribution in [0.15, 0.2) is 0 Å². The lowest BCUT2D eigenvalue weighted by Crippen LogP contribution is -2.61. The van der Waals surface area contributed by atoms with Crippen LogP contribution in [0.1, 0.15) is 41.5 Å². The van der Waals surface area contributed by atoms with Gasteiger partial charge < -0.3 is 19.6 Å². The highest BCUT2D eigenvalue weighted by Gasteiger charge is 2.41. The van der Waals surface area contributed by atoms with E-state index in [1.165, 1.54) is 4.90 Å². The lowest BCUT2D eigenvalue weighted by atomic mass is 9.99. The quantitative estimate of drug-likeness (QED) is 0.862. The third-order valence-electron chi connectivity index (χ3n) is 3.15. The van der Waals surface area contributed by atoms with E-state index in [1.54, 1.807) is 4.90 Å². The average molecular weight is 300 g/mol. The monoisotopic (exact) mass is 300 g/mol. The fourth-order valence-electron chi connectivity index (χ4n) is 2.94. The van der Waals surface area contributed by atoms with Crippen molar-refractivity contribution in [1.29, 1.82) is 0 Å². The molecule has 0 bridgehead atoms. The lowest BCUT2D eigenvalue weighted by Gasteiger charge is -2.48. The van der Waals surface area contributed by atoms with Gasteiger partial charge in [0.05, 0.1) is 24.3 Å². The predicted molar refractivity (Wildman–Crippen MR) is 80.3 cm³/mol. The van der Waals surface area contributed by atoms with E-state index in [9.17, 15) is 9.59 Å². The summed E-state index contributed by atoms with van der Waals surface area (Å²) in [4.78, 5) is 26.8. The molecular formula is C15H28N2O4. The van der Waals surface area contributed by atoms with Gasteiger partial charge in [0.1, 0.15) is 6.54 Å². The van der Waals surface area contributed by atoms with E-state index in [0.29, 0.717) is 19.6 Å². The first-order chi connectivity index (χ1) is 9.42. The number of nitrogens with zero attached hydrogens (tertiary/aromatic N) is 2. The Bertz CT molecular complexity index is 388. The van der Waals surface area contributed by atoms with Crippen LogP contribution in [0.5, 0.6) is 0 Å². The maximum atomic E-state index is 12.7. The number of urea groups is 1. The number of amides is 2. The summed E-state index contributed by atoms with van der Waals surface area (Å²) in [6.45, 7) is 12.8. The van der Waals surface area contributed by atoms with Crippen molar-refractivity contribution in [3.8, 4) is 0 Å². The Morgan fingerprint density at radius 1 is 1.19 bits per heavy atom. The topological polar surface area (TPSA) is 70.1 Å². The number of morpholine rings is 1. The molecule has 1 fully saturated rings. The van der Waals surface area contributed by atoms with Crippen LogP contribution in [0.3, 0.4) is 0 Å². The summed E-state index contributed by atoms with van der Waals surface area (Å²) < 4.78 is 5.95. The summed E-state index contributed by atoms with van der Waals surface area (Å²) in [6.07, 6.45) is 0. The highest BCUT2D eigenvalue weighted by atomic mass is 16.5. The Balaban J connectivity index is 2.89. The van der Waals surface area contributed by atoms with Gasteiger partial charge in [-0.1, -0.05) is 13.8 Å². The molecule has 0 atom stereocenters. The molecule has 1 aliphatic heterocycles. The molecule has 1 saturated heterocycles. The summed E-state index contributed by atoms with van der Waals surface area (Å²) in [5, 5.41) is 9.01. The average Bonchev–Trinajstić information content (AvgIpc) is 2.21. The van der Waals surface area contributed by atoms with Gasteiger partial charge in [-0.25, -0.2) is 4.79 Å². The smallest absolute Gasteiger partial charge is 0.323 e. The summed E-state index contributed by atoms with van der Waals surface area (Å²) >= 11 is 0. The Kier molecular flexibility index (Phi) is 5.25. The van der Waals surface area contributed by atoms with Crippen LogP contribution in [0.4, 0.5) is 4.79 Å². The second kappa shape index (κ2) is 6.22. The van der Waals surface area contributed by atoms with E-state index < -0.39 is 17.2 Å². The molecule has 0 aromatic rings. The van der Waals surface area contributed by atoms with Gasteiger partial charge in [-0.15, -0.1) is 0 Å². The van der Waals surface area contributed by atoms with Gasteiger partial charge in [0.15, 0.2) is 0 Å². The fraction of sp³-hybridized carbons (Fsp3) is 0.867. The van der Waals surface area contributed by atoms with Crippen LogP contribution >= 0.6 is 0 Å². The van der Waals surface area contributed by atoms with Gasteiger partial charge in [-0.2, -0.15) is 0 Å². The molecule has 0 spiro atoms. The molecule has 0 unspecified atom stereocenters. The number of aliphatic carboxylic acids is 1. The second-order valence-electron chi connectivity index (χ2n) is 7.43. The highest BCUT2D eigenvalue weighted by Crippen LogP contribution is 2.28. The molecule has 122 valence electrons. The minimum absolute atomic E-state index is 0.218. The molecule has 6 heteroatoms. The number of rotatable bonds is 4. The largest absolute Gasteiger partial charge is 0.480 e. The zero-order valence-electron chi connectivity index (χ0n) is 14.0. The van der Waals surface area contributed by atoms with E-state index in [2.05, 4.69) is 0 Å². The van der Waals surface area contributed by atoms with Gasteiger partial charge in [0.25, 0.3) is 0 Å².